The SMILES string of the molecule is CCOc1ccc(NC(=O)c2cnn(C)c2)cc1OC. The Bertz CT molecular complexity index is 607. The molecule has 0 atom stereocenters. The minimum atomic E-state index is -0.218. The van der Waals surface area contributed by atoms with Crippen molar-refractivity contribution >= 4 is 11.6 Å². The van der Waals surface area contributed by atoms with Crippen LogP contribution in [0.15, 0.2) is 30.6 Å². The highest BCUT2D eigenvalue weighted by Crippen LogP contribution is 2.30. The highest BCUT2D eigenvalue weighted by atomic mass is 16.5. The van der Waals surface area contributed by atoms with E-state index in [1.165, 1.54) is 6.20 Å². The van der Waals surface area contributed by atoms with Crippen LogP contribution in [-0.4, -0.2) is 29.4 Å². The van der Waals surface area contributed by atoms with Gasteiger partial charge in [-0.1, -0.05) is 0 Å². The Kier molecular flexibility index (Phi) is 4.24. The van der Waals surface area contributed by atoms with E-state index in [1.54, 1.807) is 43.2 Å². The summed E-state index contributed by atoms with van der Waals surface area (Å²) in [6.07, 6.45) is 3.17. The van der Waals surface area contributed by atoms with Crippen LogP contribution in [-0.2, 0) is 7.05 Å². The number of nitrogens with one attached hydrogen (secondary N) is 1. The molecule has 1 aromatic heterocycles. The number of ether oxygens (including phenoxy) is 2. The first-order valence-electron chi connectivity index (χ1n) is 6.25. The molecule has 0 aliphatic heterocycles. The van der Waals surface area contributed by atoms with E-state index in [1.807, 2.05) is 6.92 Å². The van der Waals surface area contributed by atoms with Crippen molar-refractivity contribution < 1.29 is 14.3 Å². The number of benzene rings is 1. The van der Waals surface area contributed by atoms with Crippen molar-refractivity contribution in [3.63, 3.8) is 0 Å². The second-order valence-electron chi connectivity index (χ2n) is 4.16. The van der Waals surface area contributed by atoms with Gasteiger partial charge < -0.3 is 14.8 Å². The molecule has 2 rings (SSSR count). The van der Waals surface area contributed by atoms with Gasteiger partial charge in [0.2, 0.25) is 0 Å². The molecule has 0 aliphatic rings. The van der Waals surface area contributed by atoms with Crippen molar-refractivity contribution in [1.82, 2.24) is 9.78 Å². The second-order valence-corrected chi connectivity index (χ2v) is 4.16. The van der Waals surface area contributed by atoms with E-state index in [0.717, 1.165) is 0 Å². The van der Waals surface area contributed by atoms with Gasteiger partial charge in [0.25, 0.3) is 5.91 Å². The number of amides is 1. The number of methoxy groups -OCH3 is 1. The maximum atomic E-state index is 12.0. The lowest BCUT2D eigenvalue weighted by Crippen LogP contribution is -2.11. The first kappa shape index (κ1) is 13.9. The molecular weight excluding hydrogens is 258 g/mol. The molecule has 0 fully saturated rings. The fraction of sp³-hybridized carbons (Fsp3) is 0.286. The second kappa shape index (κ2) is 6.10. The smallest absolute Gasteiger partial charge is 0.258 e. The predicted octanol–water partition coefficient (Wildman–Crippen LogP) is 2.08. The number of anilines is 1. The quantitative estimate of drug-likeness (QED) is 0.907. The van der Waals surface area contributed by atoms with E-state index < -0.39 is 0 Å². The minimum absolute atomic E-state index is 0.218. The van der Waals surface area contributed by atoms with Gasteiger partial charge in [-0.05, 0) is 19.1 Å². The number of rotatable bonds is 5. The van der Waals surface area contributed by atoms with Gasteiger partial charge in [-0.15, -0.1) is 0 Å². The molecule has 0 radical (unpaired) electrons. The van der Waals surface area contributed by atoms with Crippen molar-refractivity contribution in [1.29, 1.82) is 0 Å². The number of aryl methyl sites for hydroxylation is 1. The van der Waals surface area contributed by atoms with Crippen molar-refractivity contribution in [2.24, 2.45) is 7.05 Å². The van der Waals surface area contributed by atoms with Gasteiger partial charge in [0.1, 0.15) is 0 Å². The van der Waals surface area contributed by atoms with E-state index in [9.17, 15) is 4.79 Å². The van der Waals surface area contributed by atoms with Crippen LogP contribution in [0.2, 0.25) is 0 Å². The third kappa shape index (κ3) is 3.09. The van der Waals surface area contributed by atoms with Gasteiger partial charge in [0.05, 0.1) is 25.5 Å². The number of nitrogens with zero attached hydrogens (tertiary/aromatic N) is 2. The summed E-state index contributed by atoms with van der Waals surface area (Å²) in [7, 11) is 3.32. The van der Waals surface area contributed by atoms with Crippen LogP contribution in [0.3, 0.4) is 0 Å². The van der Waals surface area contributed by atoms with E-state index >= 15 is 0 Å². The highest BCUT2D eigenvalue weighted by molar-refractivity contribution is 6.04. The molecule has 2 aromatic rings. The van der Waals surface area contributed by atoms with Gasteiger partial charge in [-0.2, -0.15) is 5.10 Å². The molecule has 0 aliphatic carbocycles. The molecule has 0 unspecified atom stereocenters. The fourth-order valence-corrected chi connectivity index (χ4v) is 1.76. The Morgan fingerprint density at radius 3 is 2.80 bits per heavy atom. The topological polar surface area (TPSA) is 65.4 Å². The lowest BCUT2D eigenvalue weighted by Gasteiger charge is -2.11. The monoisotopic (exact) mass is 275 g/mol. The molecule has 6 heteroatoms. The van der Waals surface area contributed by atoms with Gasteiger partial charge in [-0.25, -0.2) is 0 Å². The molecule has 0 bridgehead atoms. The first-order chi connectivity index (χ1) is 9.63. The Hall–Kier alpha value is -2.50. The summed E-state index contributed by atoms with van der Waals surface area (Å²) in [5, 5.41) is 6.75. The molecule has 106 valence electrons. The summed E-state index contributed by atoms with van der Waals surface area (Å²) in [6, 6.07) is 5.25. The van der Waals surface area contributed by atoms with Crippen LogP contribution < -0.4 is 14.8 Å². The zero-order chi connectivity index (χ0) is 14.5. The summed E-state index contributed by atoms with van der Waals surface area (Å²) < 4.78 is 12.2. The average Bonchev–Trinajstić information content (AvgIpc) is 2.87. The summed E-state index contributed by atoms with van der Waals surface area (Å²) in [4.78, 5) is 12.0. The Morgan fingerprint density at radius 2 is 2.20 bits per heavy atom. The largest absolute Gasteiger partial charge is 0.493 e. The van der Waals surface area contributed by atoms with Crippen molar-refractivity contribution in [2.45, 2.75) is 6.92 Å². The molecule has 6 nitrogen and oxygen atoms in total. The number of hydrogen-bond donors (Lipinski definition) is 1. The zero-order valence-electron chi connectivity index (χ0n) is 11.7. The molecule has 0 spiro atoms. The third-order valence-electron chi connectivity index (χ3n) is 2.69. The van der Waals surface area contributed by atoms with Crippen molar-refractivity contribution in [2.75, 3.05) is 19.0 Å². The number of hydrogen-bond acceptors (Lipinski definition) is 4. The highest BCUT2D eigenvalue weighted by Gasteiger charge is 2.10. The number of carbonyl (C=O) groups excluding carboxylic acids is 1. The Labute approximate surface area is 117 Å². The van der Waals surface area contributed by atoms with Crippen molar-refractivity contribution in [3.8, 4) is 11.5 Å². The molecule has 1 N–H and O–H groups in total. The summed E-state index contributed by atoms with van der Waals surface area (Å²) in [5.74, 6) is 1.01. The molecule has 0 saturated carbocycles. The van der Waals surface area contributed by atoms with Gasteiger partial charge >= 0.3 is 0 Å². The predicted molar refractivity (Wildman–Crippen MR) is 75.3 cm³/mol. The molecule has 20 heavy (non-hydrogen) atoms. The van der Waals surface area contributed by atoms with Crippen LogP contribution >= 0.6 is 0 Å². The standard InChI is InChI=1S/C14H17N3O3/c1-4-20-12-6-5-11(7-13(12)19-3)16-14(18)10-8-15-17(2)9-10/h5-9H,4H2,1-3H3,(H,16,18). The van der Waals surface area contributed by atoms with Crippen LogP contribution in [0.5, 0.6) is 11.5 Å². The third-order valence-corrected chi connectivity index (χ3v) is 2.69. The van der Waals surface area contributed by atoms with Crippen molar-refractivity contribution in [3.05, 3.63) is 36.2 Å². The molecular formula is C14H17N3O3. The van der Waals surface area contributed by atoms with E-state index in [-0.39, 0.29) is 5.91 Å². The van der Waals surface area contributed by atoms with Crippen LogP contribution in [0, 0.1) is 0 Å². The maximum Gasteiger partial charge on any atom is 0.258 e. The van der Waals surface area contributed by atoms with Crippen LogP contribution in [0.4, 0.5) is 5.69 Å². The summed E-state index contributed by atoms with van der Waals surface area (Å²) >= 11 is 0. The normalized spacial score (nSPS) is 10.2. The Morgan fingerprint density at radius 1 is 1.40 bits per heavy atom. The van der Waals surface area contributed by atoms with Gasteiger partial charge in [-0.3, -0.25) is 9.48 Å². The summed E-state index contributed by atoms with van der Waals surface area (Å²) in [6.45, 7) is 2.45. The number of carbonyl (C=O) groups is 1. The molecule has 1 heterocycles. The van der Waals surface area contributed by atoms with Crippen LogP contribution in [0.25, 0.3) is 0 Å². The fourth-order valence-electron chi connectivity index (χ4n) is 1.76. The van der Waals surface area contributed by atoms with E-state index in [4.69, 9.17) is 9.47 Å². The number of aromatic nitrogens is 2. The molecule has 1 amide bonds. The minimum Gasteiger partial charge on any atom is -0.493 e. The zero-order valence-corrected chi connectivity index (χ0v) is 11.7. The molecule has 1 aromatic carbocycles. The van der Waals surface area contributed by atoms with E-state index in [2.05, 4.69) is 10.4 Å². The van der Waals surface area contributed by atoms with Gasteiger partial charge in [0.15, 0.2) is 11.5 Å². The lowest BCUT2D eigenvalue weighted by atomic mass is 10.2. The van der Waals surface area contributed by atoms with Crippen LogP contribution in [0.1, 0.15) is 17.3 Å². The van der Waals surface area contributed by atoms with E-state index in [0.29, 0.717) is 29.4 Å². The summed E-state index contributed by atoms with van der Waals surface area (Å²) in [5.41, 5.74) is 1.14. The maximum absolute atomic E-state index is 12.0. The average molecular weight is 275 g/mol. The molecule has 0 saturated heterocycles. The van der Waals surface area contributed by atoms with Gasteiger partial charge in [0, 0.05) is 25.0 Å². The Balaban J connectivity index is 2.15. The lowest BCUT2D eigenvalue weighted by molar-refractivity contribution is 0.102. The first-order valence-corrected chi connectivity index (χ1v) is 6.25.